The molecule has 0 bridgehead atoms. The fourth-order valence-corrected chi connectivity index (χ4v) is 8.46. The van der Waals surface area contributed by atoms with Crippen LogP contribution in [0.3, 0.4) is 0 Å². The van der Waals surface area contributed by atoms with Crippen molar-refractivity contribution in [2.45, 2.75) is 0 Å². The predicted molar refractivity (Wildman–Crippen MR) is 242 cm³/mol. The number of aromatic nitrogens is 3. The first-order chi connectivity index (χ1) is 28.7. The summed E-state index contributed by atoms with van der Waals surface area (Å²) in [5.41, 5.74) is 9.78. The van der Waals surface area contributed by atoms with Crippen LogP contribution in [0.2, 0.25) is 0 Å². The first-order valence-corrected chi connectivity index (χ1v) is 19.7. The van der Waals surface area contributed by atoms with Crippen LogP contribution in [0.25, 0.3) is 111 Å². The van der Waals surface area contributed by atoms with Gasteiger partial charge in [0.25, 0.3) is 0 Å². The lowest BCUT2D eigenvalue weighted by molar-refractivity contribution is 1.07. The molecule has 11 rings (SSSR count). The maximum atomic E-state index is 5.24. The summed E-state index contributed by atoms with van der Waals surface area (Å²) >= 11 is 0. The van der Waals surface area contributed by atoms with Gasteiger partial charge in [-0.15, -0.1) is 0 Å². The van der Waals surface area contributed by atoms with Crippen LogP contribution in [0, 0.1) is 0 Å². The highest BCUT2D eigenvalue weighted by molar-refractivity contribution is 6.09. The third kappa shape index (κ3) is 5.98. The van der Waals surface area contributed by atoms with E-state index < -0.39 is 0 Å². The van der Waals surface area contributed by atoms with Crippen molar-refractivity contribution in [3.63, 3.8) is 0 Å². The quantitative estimate of drug-likeness (QED) is 0.160. The summed E-state index contributed by atoms with van der Waals surface area (Å²) in [6.45, 7) is 0. The number of hydrogen-bond acceptors (Lipinski definition) is 3. The van der Waals surface area contributed by atoms with Crippen LogP contribution in [0.1, 0.15) is 0 Å². The van der Waals surface area contributed by atoms with Crippen molar-refractivity contribution < 1.29 is 0 Å². The Labute approximate surface area is 336 Å². The zero-order valence-corrected chi connectivity index (χ0v) is 31.5. The van der Waals surface area contributed by atoms with E-state index >= 15 is 0 Å². The van der Waals surface area contributed by atoms with Gasteiger partial charge in [0.15, 0.2) is 17.5 Å². The number of hydrogen-bond donors (Lipinski definition) is 0. The third-order valence-electron chi connectivity index (χ3n) is 11.3. The Balaban J connectivity index is 1.08. The maximum absolute atomic E-state index is 5.24. The smallest absolute Gasteiger partial charge is 0.164 e. The molecule has 0 amide bonds. The Morgan fingerprint density at radius 2 is 0.586 bits per heavy atom. The SMILES string of the molecule is c1ccc(-c2cccc3c(-c4cccc(-c5nc(-c6cccc(-c7cccc8ccccc78)c6)nc(-c6ccc7ccc8ccccc8c7c6)n5)c4)cccc23)cc1. The molecule has 3 nitrogen and oxygen atoms in total. The highest BCUT2D eigenvalue weighted by atomic mass is 15.0. The van der Waals surface area contributed by atoms with Gasteiger partial charge in [-0.25, -0.2) is 15.0 Å². The van der Waals surface area contributed by atoms with Gasteiger partial charge in [-0.05, 0) is 94.7 Å². The van der Waals surface area contributed by atoms with E-state index in [-0.39, 0.29) is 0 Å². The molecule has 3 heteroatoms. The lowest BCUT2D eigenvalue weighted by Crippen LogP contribution is -2.00. The molecule has 0 N–H and O–H groups in total. The van der Waals surface area contributed by atoms with Gasteiger partial charge >= 0.3 is 0 Å². The molecule has 1 aromatic heterocycles. The second-order valence-electron chi connectivity index (χ2n) is 14.8. The monoisotopic (exact) mass is 737 g/mol. The molecule has 0 aliphatic heterocycles. The second kappa shape index (κ2) is 14.1. The highest BCUT2D eigenvalue weighted by Gasteiger charge is 2.16. The summed E-state index contributed by atoms with van der Waals surface area (Å²) < 4.78 is 0. The first-order valence-electron chi connectivity index (χ1n) is 19.7. The molecular weight excluding hydrogens is 703 g/mol. The average Bonchev–Trinajstić information content (AvgIpc) is 3.31. The Kier molecular flexibility index (Phi) is 8.15. The summed E-state index contributed by atoms with van der Waals surface area (Å²) in [4.78, 5) is 15.7. The molecule has 0 fully saturated rings. The molecule has 0 atom stereocenters. The Hall–Kier alpha value is -7.75. The standard InChI is InChI=1S/C55H35N3/c1-2-13-36(14-3-1)46-25-11-28-51-49(26-12-27-50(46)51)41-19-9-21-43(34-41)54-56-53(42-20-8-18-40(33-42)48-24-10-17-37-15-4-6-22-45(37)48)57-55(58-54)44-32-31-39-30-29-38-16-5-7-23-47(38)52(39)35-44/h1-35H. The number of rotatable bonds is 6. The molecule has 58 heavy (non-hydrogen) atoms. The van der Waals surface area contributed by atoms with Gasteiger partial charge in [-0.1, -0.05) is 194 Å². The third-order valence-corrected chi connectivity index (χ3v) is 11.3. The van der Waals surface area contributed by atoms with Crippen molar-refractivity contribution in [1.29, 1.82) is 0 Å². The van der Waals surface area contributed by atoms with Crippen LogP contribution >= 0.6 is 0 Å². The highest BCUT2D eigenvalue weighted by Crippen LogP contribution is 2.37. The minimum atomic E-state index is 0.626. The lowest BCUT2D eigenvalue weighted by Gasteiger charge is -2.13. The van der Waals surface area contributed by atoms with E-state index in [1.54, 1.807) is 0 Å². The molecule has 0 saturated heterocycles. The van der Waals surface area contributed by atoms with Gasteiger partial charge in [-0.3, -0.25) is 0 Å². The zero-order valence-electron chi connectivity index (χ0n) is 31.5. The summed E-state index contributed by atoms with van der Waals surface area (Å²) in [6, 6.07) is 75.4. The van der Waals surface area contributed by atoms with Gasteiger partial charge in [-0.2, -0.15) is 0 Å². The second-order valence-corrected chi connectivity index (χ2v) is 14.8. The molecule has 270 valence electrons. The molecule has 11 aromatic rings. The van der Waals surface area contributed by atoms with Gasteiger partial charge in [0.2, 0.25) is 0 Å². The zero-order chi connectivity index (χ0) is 38.4. The van der Waals surface area contributed by atoms with E-state index in [0.717, 1.165) is 33.4 Å². The number of fused-ring (bicyclic) bond motifs is 5. The molecule has 0 aliphatic rings. The predicted octanol–water partition coefficient (Wildman–Crippen LogP) is 14.5. The van der Waals surface area contributed by atoms with Gasteiger partial charge in [0.1, 0.15) is 0 Å². The van der Waals surface area contributed by atoms with E-state index in [9.17, 15) is 0 Å². The Morgan fingerprint density at radius 1 is 0.207 bits per heavy atom. The van der Waals surface area contributed by atoms with E-state index in [2.05, 4.69) is 212 Å². The fourth-order valence-electron chi connectivity index (χ4n) is 8.46. The van der Waals surface area contributed by atoms with E-state index in [0.29, 0.717) is 17.5 Å². The van der Waals surface area contributed by atoms with Gasteiger partial charge < -0.3 is 0 Å². The summed E-state index contributed by atoms with van der Waals surface area (Å²) in [5.74, 6) is 1.89. The van der Waals surface area contributed by atoms with Crippen LogP contribution < -0.4 is 0 Å². The number of benzene rings is 10. The van der Waals surface area contributed by atoms with Crippen LogP contribution in [-0.4, -0.2) is 15.0 Å². The minimum absolute atomic E-state index is 0.626. The van der Waals surface area contributed by atoms with Crippen molar-refractivity contribution in [2.24, 2.45) is 0 Å². The topological polar surface area (TPSA) is 38.7 Å². The summed E-state index contributed by atoms with van der Waals surface area (Å²) in [7, 11) is 0. The molecule has 0 saturated carbocycles. The minimum Gasteiger partial charge on any atom is -0.208 e. The van der Waals surface area contributed by atoms with Crippen LogP contribution in [0.5, 0.6) is 0 Å². The lowest BCUT2D eigenvalue weighted by atomic mass is 9.92. The molecule has 10 aromatic carbocycles. The largest absolute Gasteiger partial charge is 0.208 e. The normalized spacial score (nSPS) is 11.4. The molecule has 0 unspecified atom stereocenters. The van der Waals surface area contributed by atoms with Gasteiger partial charge in [0, 0.05) is 16.7 Å². The van der Waals surface area contributed by atoms with Crippen molar-refractivity contribution >= 4 is 43.1 Å². The van der Waals surface area contributed by atoms with Crippen molar-refractivity contribution in [3.8, 4) is 67.5 Å². The van der Waals surface area contributed by atoms with Crippen molar-refractivity contribution in [2.75, 3.05) is 0 Å². The molecule has 1 heterocycles. The fraction of sp³-hybridized carbons (Fsp3) is 0. The van der Waals surface area contributed by atoms with Crippen LogP contribution in [0.4, 0.5) is 0 Å². The Morgan fingerprint density at radius 3 is 1.22 bits per heavy atom. The summed E-state index contributed by atoms with van der Waals surface area (Å²) in [5, 5.41) is 9.60. The van der Waals surface area contributed by atoms with Gasteiger partial charge in [0.05, 0.1) is 0 Å². The molecule has 0 radical (unpaired) electrons. The van der Waals surface area contributed by atoms with Crippen LogP contribution in [-0.2, 0) is 0 Å². The average molecular weight is 738 g/mol. The van der Waals surface area contributed by atoms with E-state index in [1.165, 1.54) is 59.8 Å². The van der Waals surface area contributed by atoms with E-state index in [1.807, 2.05) is 0 Å². The first kappa shape index (κ1) is 33.6. The molecule has 0 spiro atoms. The molecular formula is C55H35N3. The summed E-state index contributed by atoms with van der Waals surface area (Å²) in [6.07, 6.45) is 0. The van der Waals surface area contributed by atoms with E-state index in [4.69, 9.17) is 15.0 Å². The van der Waals surface area contributed by atoms with Crippen molar-refractivity contribution in [3.05, 3.63) is 212 Å². The number of nitrogens with zero attached hydrogens (tertiary/aromatic N) is 3. The maximum Gasteiger partial charge on any atom is 0.164 e. The molecule has 0 aliphatic carbocycles. The van der Waals surface area contributed by atoms with Crippen molar-refractivity contribution in [1.82, 2.24) is 15.0 Å². The Bertz CT molecular complexity index is 3340. The van der Waals surface area contributed by atoms with Crippen LogP contribution in [0.15, 0.2) is 212 Å².